The summed E-state index contributed by atoms with van der Waals surface area (Å²) in [5, 5.41) is 2.66. The lowest BCUT2D eigenvalue weighted by atomic mass is 9.98. The smallest absolute Gasteiger partial charge is 0.245 e. The second kappa shape index (κ2) is 5.97. The van der Waals surface area contributed by atoms with Crippen molar-refractivity contribution in [3.05, 3.63) is 0 Å². The average Bonchev–Trinajstić information content (AvgIpc) is 2.74. The van der Waals surface area contributed by atoms with Gasteiger partial charge in [-0.1, -0.05) is 0 Å². The van der Waals surface area contributed by atoms with Gasteiger partial charge < -0.3 is 20.7 Å². The SMILES string of the molecule is CCNC(=O)CN(CC)C(=O)C1(N)CCOC1. The van der Waals surface area contributed by atoms with Crippen molar-refractivity contribution in [3.63, 3.8) is 0 Å². The molecule has 0 aromatic rings. The molecule has 17 heavy (non-hydrogen) atoms. The van der Waals surface area contributed by atoms with Gasteiger partial charge in [-0.05, 0) is 20.3 Å². The largest absolute Gasteiger partial charge is 0.379 e. The van der Waals surface area contributed by atoms with Crippen LogP contribution in [0.5, 0.6) is 0 Å². The van der Waals surface area contributed by atoms with Crippen molar-refractivity contribution in [2.45, 2.75) is 25.8 Å². The number of nitrogens with zero attached hydrogens (tertiary/aromatic N) is 1. The van der Waals surface area contributed by atoms with E-state index in [2.05, 4.69) is 5.32 Å². The zero-order valence-electron chi connectivity index (χ0n) is 10.5. The summed E-state index contributed by atoms with van der Waals surface area (Å²) >= 11 is 0. The van der Waals surface area contributed by atoms with Crippen molar-refractivity contribution in [2.24, 2.45) is 5.73 Å². The number of amides is 2. The fraction of sp³-hybridized carbons (Fsp3) is 0.818. The molecule has 0 aromatic heterocycles. The van der Waals surface area contributed by atoms with Crippen molar-refractivity contribution >= 4 is 11.8 Å². The Morgan fingerprint density at radius 2 is 2.18 bits per heavy atom. The first-order valence-electron chi connectivity index (χ1n) is 5.96. The number of hydrogen-bond acceptors (Lipinski definition) is 4. The summed E-state index contributed by atoms with van der Waals surface area (Å²) in [5.74, 6) is -0.367. The van der Waals surface area contributed by atoms with Crippen LogP contribution in [0.15, 0.2) is 0 Å². The molecule has 1 unspecified atom stereocenters. The lowest BCUT2D eigenvalue weighted by Gasteiger charge is -2.29. The summed E-state index contributed by atoms with van der Waals surface area (Å²) in [6.07, 6.45) is 0.512. The topological polar surface area (TPSA) is 84.7 Å². The van der Waals surface area contributed by atoms with E-state index in [4.69, 9.17) is 10.5 Å². The van der Waals surface area contributed by atoms with Crippen molar-refractivity contribution in [2.75, 3.05) is 32.8 Å². The molecule has 2 amide bonds. The normalized spacial score (nSPS) is 23.5. The van der Waals surface area contributed by atoms with Gasteiger partial charge in [-0.15, -0.1) is 0 Å². The van der Waals surface area contributed by atoms with Gasteiger partial charge in [-0.3, -0.25) is 9.59 Å². The maximum absolute atomic E-state index is 12.2. The predicted octanol–water partition coefficient (Wildman–Crippen LogP) is -0.911. The number of hydrogen-bond donors (Lipinski definition) is 2. The van der Waals surface area contributed by atoms with E-state index in [0.717, 1.165) is 0 Å². The number of rotatable bonds is 5. The zero-order chi connectivity index (χ0) is 12.9. The van der Waals surface area contributed by atoms with Gasteiger partial charge in [0.1, 0.15) is 5.54 Å². The molecule has 0 saturated carbocycles. The van der Waals surface area contributed by atoms with E-state index >= 15 is 0 Å². The van der Waals surface area contributed by atoms with E-state index in [-0.39, 0.29) is 25.0 Å². The number of carbonyl (C=O) groups is 2. The van der Waals surface area contributed by atoms with Crippen LogP contribution in [0.1, 0.15) is 20.3 Å². The highest BCUT2D eigenvalue weighted by molar-refractivity contribution is 5.90. The molecule has 1 atom stereocenters. The van der Waals surface area contributed by atoms with E-state index in [1.54, 1.807) is 0 Å². The molecular weight excluding hydrogens is 222 g/mol. The van der Waals surface area contributed by atoms with Gasteiger partial charge in [-0.2, -0.15) is 0 Å². The van der Waals surface area contributed by atoms with E-state index < -0.39 is 5.54 Å². The van der Waals surface area contributed by atoms with E-state index in [0.29, 0.717) is 26.1 Å². The lowest BCUT2D eigenvalue weighted by molar-refractivity contribution is -0.140. The highest BCUT2D eigenvalue weighted by Crippen LogP contribution is 2.18. The number of ether oxygens (including phenoxy) is 1. The maximum atomic E-state index is 12.2. The third kappa shape index (κ3) is 3.41. The summed E-state index contributed by atoms with van der Waals surface area (Å²) < 4.78 is 5.16. The van der Waals surface area contributed by atoms with Crippen LogP contribution < -0.4 is 11.1 Å². The zero-order valence-corrected chi connectivity index (χ0v) is 10.5. The molecular formula is C11H21N3O3. The summed E-state index contributed by atoms with van der Waals surface area (Å²) in [5.41, 5.74) is 5.02. The quantitative estimate of drug-likeness (QED) is 0.654. The van der Waals surface area contributed by atoms with E-state index in [9.17, 15) is 9.59 Å². The van der Waals surface area contributed by atoms with Crippen LogP contribution in [0.25, 0.3) is 0 Å². The summed E-state index contributed by atoms with van der Waals surface area (Å²) in [6, 6.07) is 0. The van der Waals surface area contributed by atoms with Gasteiger partial charge in [0.25, 0.3) is 0 Å². The van der Waals surface area contributed by atoms with Crippen LogP contribution in [0, 0.1) is 0 Å². The number of nitrogens with one attached hydrogen (secondary N) is 1. The van der Waals surface area contributed by atoms with Crippen molar-refractivity contribution in [3.8, 4) is 0 Å². The molecule has 1 saturated heterocycles. The number of likely N-dealkylation sites (N-methyl/N-ethyl adjacent to an activating group) is 2. The molecule has 1 fully saturated rings. The molecule has 1 heterocycles. The van der Waals surface area contributed by atoms with Crippen LogP contribution in [0.4, 0.5) is 0 Å². The lowest BCUT2D eigenvalue weighted by Crippen LogP contribution is -2.57. The number of nitrogens with two attached hydrogens (primary N) is 1. The minimum absolute atomic E-state index is 0.0577. The minimum atomic E-state index is -0.956. The minimum Gasteiger partial charge on any atom is -0.379 e. The molecule has 0 radical (unpaired) electrons. The van der Waals surface area contributed by atoms with Gasteiger partial charge in [0.2, 0.25) is 11.8 Å². The van der Waals surface area contributed by atoms with Gasteiger partial charge >= 0.3 is 0 Å². The van der Waals surface area contributed by atoms with Crippen LogP contribution in [-0.2, 0) is 14.3 Å². The Labute approximate surface area is 101 Å². The maximum Gasteiger partial charge on any atom is 0.245 e. The summed E-state index contributed by atoms with van der Waals surface area (Å²) in [7, 11) is 0. The van der Waals surface area contributed by atoms with Gasteiger partial charge in [0, 0.05) is 19.7 Å². The Bertz CT molecular complexity index is 288. The third-order valence-corrected chi connectivity index (χ3v) is 2.86. The van der Waals surface area contributed by atoms with Crippen LogP contribution >= 0.6 is 0 Å². The Morgan fingerprint density at radius 3 is 2.65 bits per heavy atom. The van der Waals surface area contributed by atoms with Crippen LogP contribution in [0.2, 0.25) is 0 Å². The molecule has 1 aliphatic heterocycles. The molecule has 1 aliphatic rings. The molecule has 0 aromatic carbocycles. The van der Waals surface area contributed by atoms with Crippen molar-refractivity contribution < 1.29 is 14.3 Å². The third-order valence-electron chi connectivity index (χ3n) is 2.86. The molecule has 6 heteroatoms. The molecule has 0 aliphatic carbocycles. The highest BCUT2D eigenvalue weighted by atomic mass is 16.5. The van der Waals surface area contributed by atoms with E-state index in [1.807, 2.05) is 13.8 Å². The predicted molar refractivity (Wildman–Crippen MR) is 63.3 cm³/mol. The summed E-state index contributed by atoms with van der Waals surface area (Å²) in [6.45, 7) is 5.48. The Kier molecular flexibility index (Phi) is 4.89. The molecule has 98 valence electrons. The molecule has 1 rings (SSSR count). The molecule has 0 spiro atoms. The first-order valence-corrected chi connectivity index (χ1v) is 5.96. The first-order chi connectivity index (χ1) is 8.03. The van der Waals surface area contributed by atoms with E-state index in [1.165, 1.54) is 4.90 Å². The highest BCUT2D eigenvalue weighted by Gasteiger charge is 2.41. The second-order valence-corrected chi connectivity index (χ2v) is 4.23. The first kappa shape index (κ1) is 13.9. The van der Waals surface area contributed by atoms with Crippen LogP contribution in [0.3, 0.4) is 0 Å². The fourth-order valence-corrected chi connectivity index (χ4v) is 1.82. The Hall–Kier alpha value is -1.14. The number of carbonyl (C=O) groups excluding carboxylic acids is 2. The molecule has 0 bridgehead atoms. The monoisotopic (exact) mass is 243 g/mol. The summed E-state index contributed by atoms with van der Waals surface area (Å²) in [4.78, 5) is 25.1. The van der Waals surface area contributed by atoms with Crippen molar-refractivity contribution in [1.29, 1.82) is 0 Å². The standard InChI is InChI=1S/C11H21N3O3/c1-3-13-9(15)7-14(4-2)10(16)11(12)5-6-17-8-11/h3-8,12H2,1-2H3,(H,13,15). The fourth-order valence-electron chi connectivity index (χ4n) is 1.82. The molecule has 6 nitrogen and oxygen atoms in total. The van der Waals surface area contributed by atoms with Crippen molar-refractivity contribution in [1.82, 2.24) is 10.2 Å². The van der Waals surface area contributed by atoms with Gasteiger partial charge in [0.05, 0.1) is 13.2 Å². The average molecular weight is 243 g/mol. The Balaban J connectivity index is 2.60. The Morgan fingerprint density at radius 1 is 1.47 bits per heavy atom. The second-order valence-electron chi connectivity index (χ2n) is 4.23. The molecule has 3 N–H and O–H groups in total. The van der Waals surface area contributed by atoms with Gasteiger partial charge in [0.15, 0.2) is 0 Å². The van der Waals surface area contributed by atoms with Crippen LogP contribution in [-0.4, -0.2) is 55.1 Å². The van der Waals surface area contributed by atoms with Gasteiger partial charge in [-0.25, -0.2) is 0 Å².